The quantitative estimate of drug-likeness (QED) is 0.779. The fraction of sp³-hybridized carbons (Fsp3) is 0.273. The van der Waals surface area contributed by atoms with Gasteiger partial charge in [-0.2, -0.15) is 0 Å². The van der Waals surface area contributed by atoms with Gasteiger partial charge >= 0.3 is 5.76 Å². The zero-order valence-electron chi connectivity index (χ0n) is 9.07. The number of benzene rings is 1. The Morgan fingerprint density at radius 3 is 2.60 bits per heavy atom. The minimum Gasteiger partial charge on any atom is -0.296 e. The summed E-state index contributed by atoms with van der Waals surface area (Å²) in [4.78, 5) is 13.2. The second-order valence-corrected chi connectivity index (χ2v) is 2.81. The van der Waals surface area contributed by atoms with Gasteiger partial charge in [-0.25, -0.2) is 4.79 Å². The number of hydrogen-bond donors (Lipinski definition) is 1. The van der Waals surface area contributed by atoms with Crippen molar-refractivity contribution in [1.82, 2.24) is 10.1 Å². The van der Waals surface area contributed by atoms with E-state index in [-0.39, 0.29) is 0 Å². The third-order valence-electron chi connectivity index (χ3n) is 1.73. The molecule has 80 valence electrons. The molecule has 0 saturated heterocycles. The van der Waals surface area contributed by atoms with Crippen molar-refractivity contribution in [3.63, 3.8) is 0 Å². The topological polar surface area (TPSA) is 58.9 Å². The van der Waals surface area contributed by atoms with Crippen LogP contribution >= 0.6 is 0 Å². The van der Waals surface area contributed by atoms with Crippen molar-refractivity contribution < 1.29 is 4.52 Å². The molecule has 4 nitrogen and oxygen atoms in total. The van der Waals surface area contributed by atoms with E-state index in [1.165, 1.54) is 0 Å². The lowest BCUT2D eigenvalue weighted by molar-refractivity contribution is 0.388. The molecule has 1 aromatic carbocycles. The monoisotopic (exact) mass is 206 g/mol. The SMILES string of the molecule is CC.Cc1cccc(-c2noc(=O)[nH]2)c1. The summed E-state index contributed by atoms with van der Waals surface area (Å²) < 4.78 is 4.40. The van der Waals surface area contributed by atoms with Crippen LogP contribution < -0.4 is 5.76 Å². The van der Waals surface area contributed by atoms with E-state index in [4.69, 9.17) is 0 Å². The second-order valence-electron chi connectivity index (χ2n) is 2.81. The average molecular weight is 206 g/mol. The highest BCUT2D eigenvalue weighted by atomic mass is 16.5. The van der Waals surface area contributed by atoms with Gasteiger partial charge in [0.25, 0.3) is 0 Å². The van der Waals surface area contributed by atoms with Gasteiger partial charge < -0.3 is 0 Å². The lowest BCUT2D eigenvalue weighted by Crippen LogP contribution is -1.94. The summed E-state index contributed by atoms with van der Waals surface area (Å²) in [6.07, 6.45) is 0. The van der Waals surface area contributed by atoms with E-state index < -0.39 is 5.76 Å². The molecule has 15 heavy (non-hydrogen) atoms. The molecule has 4 heteroatoms. The lowest BCUT2D eigenvalue weighted by atomic mass is 10.1. The summed E-state index contributed by atoms with van der Waals surface area (Å²) in [5, 5.41) is 3.58. The summed E-state index contributed by atoms with van der Waals surface area (Å²) in [6.45, 7) is 5.97. The van der Waals surface area contributed by atoms with Crippen LogP contribution in [0.2, 0.25) is 0 Å². The first kappa shape index (κ1) is 11.2. The standard InChI is InChI=1S/C9H8N2O2.C2H6/c1-6-3-2-4-7(5-6)8-10-9(12)13-11-8;1-2/h2-5H,1H3,(H,10,11,12);1-2H3. The van der Waals surface area contributed by atoms with Crippen molar-refractivity contribution >= 4 is 0 Å². The van der Waals surface area contributed by atoms with E-state index in [2.05, 4.69) is 14.7 Å². The largest absolute Gasteiger partial charge is 0.439 e. The average Bonchev–Trinajstić information content (AvgIpc) is 2.68. The first-order chi connectivity index (χ1) is 7.25. The number of rotatable bonds is 1. The van der Waals surface area contributed by atoms with Crippen molar-refractivity contribution in [1.29, 1.82) is 0 Å². The van der Waals surface area contributed by atoms with Gasteiger partial charge in [0.1, 0.15) is 0 Å². The summed E-state index contributed by atoms with van der Waals surface area (Å²) in [6, 6.07) is 7.66. The molecule has 0 aliphatic heterocycles. The van der Waals surface area contributed by atoms with Crippen LogP contribution in [0.1, 0.15) is 19.4 Å². The van der Waals surface area contributed by atoms with E-state index in [9.17, 15) is 4.79 Å². The molecular formula is C11H14N2O2. The van der Waals surface area contributed by atoms with Gasteiger partial charge in [-0.1, -0.05) is 42.8 Å². The van der Waals surface area contributed by atoms with Gasteiger partial charge in [0.05, 0.1) is 0 Å². The summed E-state index contributed by atoms with van der Waals surface area (Å²) in [7, 11) is 0. The molecule has 1 N–H and O–H groups in total. The highest BCUT2D eigenvalue weighted by Crippen LogP contribution is 2.13. The number of hydrogen-bond acceptors (Lipinski definition) is 3. The third-order valence-corrected chi connectivity index (χ3v) is 1.73. The maximum absolute atomic E-state index is 10.7. The van der Waals surface area contributed by atoms with Gasteiger partial charge in [0.15, 0.2) is 5.82 Å². The van der Waals surface area contributed by atoms with Crippen molar-refractivity contribution in [3.05, 3.63) is 40.4 Å². The molecular weight excluding hydrogens is 192 g/mol. The molecule has 2 rings (SSSR count). The minimum absolute atomic E-state index is 0.466. The van der Waals surface area contributed by atoms with Gasteiger partial charge in [0, 0.05) is 5.56 Å². The Kier molecular flexibility index (Phi) is 3.85. The molecule has 1 aromatic heterocycles. The Morgan fingerprint density at radius 1 is 1.33 bits per heavy atom. The van der Waals surface area contributed by atoms with Crippen LogP contribution in [0, 0.1) is 6.92 Å². The molecule has 0 unspecified atom stereocenters. The summed E-state index contributed by atoms with van der Waals surface area (Å²) >= 11 is 0. The molecule has 0 amide bonds. The molecule has 0 bridgehead atoms. The number of H-pyrrole nitrogens is 1. The molecule has 0 atom stereocenters. The van der Waals surface area contributed by atoms with Crippen molar-refractivity contribution in [2.75, 3.05) is 0 Å². The van der Waals surface area contributed by atoms with Crippen LogP contribution in [0.4, 0.5) is 0 Å². The first-order valence-corrected chi connectivity index (χ1v) is 4.89. The Balaban J connectivity index is 0.000000531. The minimum atomic E-state index is -0.531. The third kappa shape index (κ3) is 2.80. The van der Waals surface area contributed by atoms with Gasteiger partial charge in [0.2, 0.25) is 0 Å². The van der Waals surface area contributed by atoms with E-state index in [0.29, 0.717) is 5.82 Å². The smallest absolute Gasteiger partial charge is 0.296 e. The molecule has 0 radical (unpaired) electrons. The summed E-state index contributed by atoms with van der Waals surface area (Å²) in [5.74, 6) is -0.0646. The maximum atomic E-state index is 10.7. The highest BCUT2D eigenvalue weighted by molar-refractivity contribution is 5.54. The zero-order chi connectivity index (χ0) is 11.3. The number of aromatic nitrogens is 2. The van der Waals surface area contributed by atoms with Crippen molar-refractivity contribution in [3.8, 4) is 11.4 Å². The van der Waals surface area contributed by atoms with Crippen LogP contribution in [-0.4, -0.2) is 10.1 Å². The molecule has 1 heterocycles. The van der Waals surface area contributed by atoms with E-state index >= 15 is 0 Å². The van der Waals surface area contributed by atoms with Crippen LogP contribution in [0.25, 0.3) is 11.4 Å². The van der Waals surface area contributed by atoms with Gasteiger partial charge in [-0.05, 0) is 13.0 Å². The van der Waals surface area contributed by atoms with E-state index in [0.717, 1.165) is 11.1 Å². The predicted molar refractivity (Wildman–Crippen MR) is 58.6 cm³/mol. The van der Waals surface area contributed by atoms with Crippen LogP contribution in [-0.2, 0) is 0 Å². The molecule has 0 fully saturated rings. The van der Waals surface area contributed by atoms with Crippen molar-refractivity contribution in [2.45, 2.75) is 20.8 Å². The predicted octanol–water partition coefficient (Wildman–Crippen LogP) is 2.36. The second kappa shape index (κ2) is 5.14. The Labute approximate surface area is 87.9 Å². The molecule has 0 aliphatic carbocycles. The van der Waals surface area contributed by atoms with Crippen LogP contribution in [0.5, 0.6) is 0 Å². The fourth-order valence-corrected chi connectivity index (χ4v) is 1.15. The Morgan fingerprint density at radius 2 is 2.07 bits per heavy atom. The Bertz CT molecular complexity index is 471. The summed E-state index contributed by atoms with van der Waals surface area (Å²) in [5.41, 5.74) is 1.96. The maximum Gasteiger partial charge on any atom is 0.439 e. The number of nitrogens with zero attached hydrogens (tertiary/aromatic N) is 1. The number of aromatic amines is 1. The highest BCUT2D eigenvalue weighted by Gasteiger charge is 2.02. The number of aryl methyl sites for hydroxylation is 1. The van der Waals surface area contributed by atoms with E-state index in [1.54, 1.807) is 0 Å². The molecule has 2 aromatic rings. The number of nitrogens with one attached hydrogen (secondary N) is 1. The van der Waals surface area contributed by atoms with Crippen LogP contribution in [0.3, 0.4) is 0 Å². The zero-order valence-corrected chi connectivity index (χ0v) is 9.07. The molecule has 0 saturated carbocycles. The van der Waals surface area contributed by atoms with Crippen molar-refractivity contribution in [2.24, 2.45) is 0 Å². The van der Waals surface area contributed by atoms with E-state index in [1.807, 2.05) is 45.0 Å². The molecule has 0 spiro atoms. The fourth-order valence-electron chi connectivity index (χ4n) is 1.15. The van der Waals surface area contributed by atoms with Gasteiger partial charge in [-0.3, -0.25) is 9.51 Å². The van der Waals surface area contributed by atoms with Gasteiger partial charge in [-0.15, -0.1) is 0 Å². The Hall–Kier alpha value is -1.84. The lowest BCUT2D eigenvalue weighted by Gasteiger charge is -1.95. The molecule has 0 aliphatic rings. The van der Waals surface area contributed by atoms with Crippen LogP contribution in [0.15, 0.2) is 33.6 Å². The first-order valence-electron chi connectivity index (χ1n) is 4.89. The normalized spacial score (nSPS) is 9.27.